The number of aryl methyl sites for hydroxylation is 1. The first-order valence-electron chi connectivity index (χ1n) is 9.92. The van der Waals surface area contributed by atoms with Crippen LogP contribution in [0.2, 0.25) is 0 Å². The molecule has 0 amide bonds. The summed E-state index contributed by atoms with van der Waals surface area (Å²) in [5.74, 6) is -0.963. The van der Waals surface area contributed by atoms with Gasteiger partial charge in [0.2, 0.25) is 0 Å². The van der Waals surface area contributed by atoms with Gasteiger partial charge in [-0.3, -0.25) is 19.4 Å². The highest BCUT2D eigenvalue weighted by atomic mass is 32.2. The van der Waals surface area contributed by atoms with E-state index in [4.69, 9.17) is 18.9 Å². The molecule has 1 aliphatic rings. The SMILES string of the molecule is CC(=O)O[C@@H]1[C@@H](OC(C)=O)[C@H](OC(C)=O)CS[C@H]1Oc1ccc(C)nc1-c1ccncc1. The summed E-state index contributed by atoms with van der Waals surface area (Å²) >= 11 is 1.29. The van der Waals surface area contributed by atoms with Crippen LogP contribution < -0.4 is 4.74 Å². The molecule has 3 heterocycles. The minimum absolute atomic E-state index is 0.282. The second-order valence-corrected chi connectivity index (χ2v) is 8.28. The number of carbonyl (C=O) groups is 3. The van der Waals surface area contributed by atoms with E-state index in [2.05, 4.69) is 9.97 Å². The average molecular weight is 461 g/mol. The lowest BCUT2D eigenvalue weighted by molar-refractivity contribution is -0.186. The Morgan fingerprint density at radius 1 is 0.906 bits per heavy atom. The molecular formula is C22H24N2O7S. The maximum atomic E-state index is 11.8. The van der Waals surface area contributed by atoms with Crippen LogP contribution in [0.5, 0.6) is 5.75 Å². The van der Waals surface area contributed by atoms with Crippen molar-refractivity contribution in [2.45, 2.75) is 51.4 Å². The van der Waals surface area contributed by atoms with E-state index in [1.807, 2.05) is 19.1 Å². The maximum absolute atomic E-state index is 11.8. The van der Waals surface area contributed by atoms with Gasteiger partial charge in [-0.15, -0.1) is 11.8 Å². The number of carbonyl (C=O) groups excluding carboxylic acids is 3. The van der Waals surface area contributed by atoms with E-state index < -0.39 is 41.7 Å². The van der Waals surface area contributed by atoms with Crippen LogP contribution >= 0.6 is 11.8 Å². The van der Waals surface area contributed by atoms with Crippen molar-refractivity contribution in [3.63, 3.8) is 0 Å². The smallest absolute Gasteiger partial charge is 0.303 e. The van der Waals surface area contributed by atoms with E-state index in [0.29, 0.717) is 11.4 Å². The Morgan fingerprint density at radius 3 is 2.16 bits per heavy atom. The van der Waals surface area contributed by atoms with Crippen molar-refractivity contribution in [2.24, 2.45) is 0 Å². The number of hydrogen-bond donors (Lipinski definition) is 0. The van der Waals surface area contributed by atoms with E-state index in [1.54, 1.807) is 24.5 Å². The number of thioether (sulfide) groups is 1. The molecule has 2 aromatic rings. The standard InChI is InChI=1S/C22H24N2O7S/c1-12-5-6-17(19(24-12)16-7-9-23-10-8-16)31-22-21(30-15(4)27)20(29-14(3)26)18(11-32-22)28-13(2)25/h5-10,18,20-22H,11H2,1-4H3/t18-,20+,21-,22-/m1/s1. The molecule has 0 aromatic carbocycles. The van der Waals surface area contributed by atoms with E-state index >= 15 is 0 Å². The molecule has 0 radical (unpaired) electrons. The lowest BCUT2D eigenvalue weighted by Crippen LogP contribution is -2.55. The number of ether oxygens (including phenoxy) is 4. The quantitative estimate of drug-likeness (QED) is 0.471. The molecule has 4 atom stereocenters. The average Bonchev–Trinajstić information content (AvgIpc) is 2.73. The number of aromatic nitrogens is 2. The van der Waals surface area contributed by atoms with Gasteiger partial charge in [0.05, 0.1) is 0 Å². The van der Waals surface area contributed by atoms with E-state index in [0.717, 1.165) is 11.3 Å². The molecule has 1 saturated heterocycles. The molecular weight excluding hydrogens is 436 g/mol. The minimum Gasteiger partial charge on any atom is -0.473 e. The van der Waals surface area contributed by atoms with Crippen molar-refractivity contribution >= 4 is 29.7 Å². The third-order valence-electron chi connectivity index (χ3n) is 4.50. The molecule has 0 aliphatic carbocycles. The molecule has 10 heteroatoms. The summed E-state index contributed by atoms with van der Waals surface area (Å²) in [6.07, 6.45) is 0.489. The van der Waals surface area contributed by atoms with Crippen molar-refractivity contribution in [1.29, 1.82) is 0 Å². The van der Waals surface area contributed by atoms with Gasteiger partial charge < -0.3 is 18.9 Å². The topological polar surface area (TPSA) is 114 Å². The Bertz CT molecular complexity index is 985. The van der Waals surface area contributed by atoms with Crippen molar-refractivity contribution in [2.75, 3.05) is 5.75 Å². The van der Waals surface area contributed by atoms with Crippen LogP contribution in [0.15, 0.2) is 36.7 Å². The zero-order chi connectivity index (χ0) is 23.3. The summed E-state index contributed by atoms with van der Waals surface area (Å²) in [4.78, 5) is 43.8. The number of rotatable bonds is 6. The summed E-state index contributed by atoms with van der Waals surface area (Å²) in [6, 6.07) is 7.21. The Morgan fingerprint density at radius 2 is 1.53 bits per heavy atom. The highest BCUT2D eigenvalue weighted by molar-refractivity contribution is 7.99. The molecule has 1 fully saturated rings. The van der Waals surface area contributed by atoms with Crippen molar-refractivity contribution < 1.29 is 33.3 Å². The van der Waals surface area contributed by atoms with Gasteiger partial charge >= 0.3 is 17.9 Å². The van der Waals surface area contributed by atoms with Gasteiger partial charge in [-0.25, -0.2) is 4.98 Å². The van der Waals surface area contributed by atoms with Gasteiger partial charge in [0.1, 0.15) is 11.4 Å². The molecule has 0 bridgehead atoms. The van der Waals surface area contributed by atoms with Crippen molar-refractivity contribution in [3.05, 3.63) is 42.4 Å². The van der Waals surface area contributed by atoms with Crippen LogP contribution in [0.25, 0.3) is 11.3 Å². The second kappa shape index (κ2) is 10.4. The molecule has 2 aromatic heterocycles. The first-order chi connectivity index (χ1) is 15.2. The minimum atomic E-state index is -1.02. The van der Waals surface area contributed by atoms with E-state index in [9.17, 15) is 14.4 Å². The van der Waals surface area contributed by atoms with Crippen LogP contribution in [0.4, 0.5) is 0 Å². The van der Waals surface area contributed by atoms with E-state index in [-0.39, 0.29) is 5.75 Å². The zero-order valence-electron chi connectivity index (χ0n) is 18.1. The number of hydrogen-bond acceptors (Lipinski definition) is 10. The Balaban J connectivity index is 1.95. The molecule has 170 valence electrons. The summed E-state index contributed by atoms with van der Waals surface area (Å²) in [7, 11) is 0. The molecule has 0 unspecified atom stereocenters. The van der Waals surface area contributed by atoms with Gasteiger partial charge in [-0.2, -0.15) is 0 Å². The van der Waals surface area contributed by atoms with Crippen molar-refractivity contribution in [1.82, 2.24) is 9.97 Å². The largest absolute Gasteiger partial charge is 0.473 e. The van der Waals surface area contributed by atoms with Gasteiger partial charge in [-0.1, -0.05) is 0 Å². The Kier molecular flexibility index (Phi) is 7.68. The summed E-state index contributed by atoms with van der Waals surface area (Å²) in [5.41, 5.74) is 1.46. The molecule has 9 nitrogen and oxygen atoms in total. The fraction of sp³-hybridized carbons (Fsp3) is 0.409. The molecule has 1 aliphatic heterocycles. The number of esters is 3. The molecule has 0 saturated carbocycles. The van der Waals surface area contributed by atoms with Crippen LogP contribution in [0, 0.1) is 6.92 Å². The zero-order valence-corrected chi connectivity index (χ0v) is 19.0. The highest BCUT2D eigenvalue weighted by Crippen LogP contribution is 2.37. The van der Waals surface area contributed by atoms with Gasteiger partial charge in [0.25, 0.3) is 0 Å². The summed E-state index contributed by atoms with van der Waals surface area (Å²) in [6.45, 7) is 5.61. The first-order valence-corrected chi connectivity index (χ1v) is 11.0. The van der Waals surface area contributed by atoms with Crippen LogP contribution in [0.1, 0.15) is 26.5 Å². The Labute approximate surface area is 189 Å². The maximum Gasteiger partial charge on any atom is 0.303 e. The number of pyridine rings is 2. The predicted molar refractivity (Wildman–Crippen MR) is 116 cm³/mol. The van der Waals surface area contributed by atoms with Crippen LogP contribution in [-0.4, -0.2) is 57.4 Å². The lowest BCUT2D eigenvalue weighted by atomic mass is 10.1. The fourth-order valence-corrected chi connectivity index (χ4v) is 4.50. The van der Waals surface area contributed by atoms with Crippen molar-refractivity contribution in [3.8, 4) is 17.0 Å². The Hall–Kier alpha value is -3.14. The third-order valence-corrected chi connectivity index (χ3v) is 5.71. The normalized spacial score (nSPS) is 22.5. The van der Waals surface area contributed by atoms with Gasteiger partial charge in [0.15, 0.2) is 23.7 Å². The fourth-order valence-electron chi connectivity index (χ4n) is 3.29. The first kappa shape index (κ1) is 23.5. The van der Waals surface area contributed by atoms with Crippen LogP contribution in [0.3, 0.4) is 0 Å². The van der Waals surface area contributed by atoms with E-state index in [1.165, 1.54) is 32.5 Å². The molecule has 3 rings (SSSR count). The predicted octanol–water partition coefficient (Wildman–Crippen LogP) is 2.70. The summed E-state index contributed by atoms with van der Waals surface area (Å²) < 4.78 is 22.5. The lowest BCUT2D eigenvalue weighted by Gasteiger charge is -2.40. The highest BCUT2D eigenvalue weighted by Gasteiger charge is 2.47. The van der Waals surface area contributed by atoms with Gasteiger partial charge in [0, 0.05) is 50.2 Å². The third kappa shape index (κ3) is 5.97. The monoisotopic (exact) mass is 460 g/mol. The summed E-state index contributed by atoms with van der Waals surface area (Å²) in [5, 5.41) is 0. The molecule has 0 spiro atoms. The van der Waals surface area contributed by atoms with Gasteiger partial charge in [-0.05, 0) is 31.2 Å². The molecule has 0 N–H and O–H groups in total. The van der Waals surface area contributed by atoms with Crippen LogP contribution in [-0.2, 0) is 28.6 Å². The second-order valence-electron chi connectivity index (χ2n) is 7.15. The molecule has 32 heavy (non-hydrogen) atoms. The number of nitrogens with zero attached hydrogens (tertiary/aromatic N) is 2.